The van der Waals surface area contributed by atoms with Gasteiger partial charge in [0.1, 0.15) is 5.75 Å². The molecule has 0 aliphatic carbocycles. The van der Waals surface area contributed by atoms with E-state index in [0.717, 1.165) is 11.1 Å². The molecule has 7 nitrogen and oxygen atoms in total. The fraction of sp³-hybridized carbons (Fsp3) is 0.214. The molecule has 1 aromatic heterocycles. The lowest BCUT2D eigenvalue weighted by atomic mass is 10.1. The van der Waals surface area contributed by atoms with Gasteiger partial charge in [0, 0.05) is 11.3 Å². The van der Waals surface area contributed by atoms with E-state index in [-0.39, 0.29) is 11.4 Å². The number of carbonyl (C=O) groups excluding carboxylic acids is 1. The van der Waals surface area contributed by atoms with Gasteiger partial charge in [-0.25, -0.2) is 9.78 Å². The van der Waals surface area contributed by atoms with E-state index in [1.54, 1.807) is 13.2 Å². The summed E-state index contributed by atoms with van der Waals surface area (Å²) in [4.78, 5) is 29.3. The van der Waals surface area contributed by atoms with Gasteiger partial charge in [-0.2, -0.15) is 0 Å². The van der Waals surface area contributed by atoms with E-state index in [0.29, 0.717) is 11.4 Å². The van der Waals surface area contributed by atoms with Gasteiger partial charge in [-0.15, -0.1) is 0 Å². The predicted molar refractivity (Wildman–Crippen MR) is 76.0 cm³/mol. The monoisotopic (exact) mass is 289 g/mol. The molecule has 0 aliphatic rings. The fourth-order valence-corrected chi connectivity index (χ4v) is 2.09. The SMILES string of the molecule is COc1c(C)ccc(NC(=O)c2nc[nH]c2C(=O)O)c1C. The third-order valence-corrected chi connectivity index (χ3v) is 3.12. The quantitative estimate of drug-likeness (QED) is 0.798. The number of aromatic nitrogens is 2. The maximum Gasteiger partial charge on any atom is 0.354 e. The van der Waals surface area contributed by atoms with Gasteiger partial charge in [0.15, 0.2) is 11.4 Å². The minimum absolute atomic E-state index is 0.165. The molecule has 3 N–H and O–H groups in total. The van der Waals surface area contributed by atoms with Crippen LogP contribution in [-0.2, 0) is 0 Å². The molecule has 1 amide bonds. The zero-order chi connectivity index (χ0) is 15.6. The zero-order valence-corrected chi connectivity index (χ0v) is 11.9. The second-order valence-corrected chi connectivity index (χ2v) is 4.47. The molecule has 7 heteroatoms. The highest BCUT2D eigenvalue weighted by Gasteiger charge is 2.20. The van der Waals surface area contributed by atoms with E-state index >= 15 is 0 Å². The van der Waals surface area contributed by atoms with Crippen LogP contribution in [0.2, 0.25) is 0 Å². The topological polar surface area (TPSA) is 104 Å². The van der Waals surface area contributed by atoms with Crippen molar-refractivity contribution in [3.63, 3.8) is 0 Å². The number of carboxylic acid groups (broad SMARTS) is 1. The number of nitrogens with zero attached hydrogens (tertiary/aromatic N) is 1. The fourth-order valence-electron chi connectivity index (χ4n) is 2.09. The molecule has 2 rings (SSSR count). The van der Waals surface area contributed by atoms with E-state index in [1.807, 2.05) is 19.9 Å². The number of rotatable bonds is 4. The number of methoxy groups -OCH3 is 1. The molecule has 0 fully saturated rings. The summed E-state index contributed by atoms with van der Waals surface area (Å²) in [5.74, 6) is -1.16. The summed E-state index contributed by atoms with van der Waals surface area (Å²) in [5.41, 5.74) is 1.84. The average Bonchev–Trinajstić information content (AvgIpc) is 2.92. The largest absolute Gasteiger partial charge is 0.496 e. The highest BCUT2D eigenvalue weighted by atomic mass is 16.5. The minimum atomic E-state index is -1.24. The lowest BCUT2D eigenvalue weighted by Gasteiger charge is -2.13. The van der Waals surface area contributed by atoms with Gasteiger partial charge >= 0.3 is 5.97 Å². The number of hydrogen-bond donors (Lipinski definition) is 3. The van der Waals surface area contributed by atoms with Crippen LogP contribution in [-0.4, -0.2) is 34.1 Å². The summed E-state index contributed by atoms with van der Waals surface area (Å²) < 4.78 is 5.28. The maximum absolute atomic E-state index is 12.1. The number of H-pyrrole nitrogens is 1. The van der Waals surface area contributed by atoms with E-state index in [2.05, 4.69) is 15.3 Å². The first-order valence-corrected chi connectivity index (χ1v) is 6.18. The molecule has 0 aliphatic heterocycles. The van der Waals surface area contributed by atoms with Crippen molar-refractivity contribution < 1.29 is 19.4 Å². The molecular weight excluding hydrogens is 274 g/mol. The van der Waals surface area contributed by atoms with Crippen molar-refractivity contribution in [2.75, 3.05) is 12.4 Å². The summed E-state index contributed by atoms with van der Waals surface area (Å²) in [5, 5.41) is 11.6. The number of carboxylic acids is 1. The van der Waals surface area contributed by atoms with Crippen LogP contribution in [0.1, 0.15) is 32.1 Å². The lowest BCUT2D eigenvalue weighted by molar-refractivity contribution is 0.0686. The average molecular weight is 289 g/mol. The normalized spacial score (nSPS) is 10.2. The third kappa shape index (κ3) is 2.71. The van der Waals surface area contributed by atoms with Crippen LogP contribution in [0.25, 0.3) is 0 Å². The number of carbonyl (C=O) groups is 2. The summed E-state index contributed by atoms with van der Waals surface area (Å²) >= 11 is 0. The number of aromatic carboxylic acids is 1. The standard InChI is InChI=1S/C14H15N3O4/c1-7-4-5-9(8(2)12(7)21-3)17-13(18)10-11(14(19)20)16-6-15-10/h4-6H,1-3H3,(H,15,16)(H,17,18)(H,19,20). The molecule has 0 saturated carbocycles. The van der Waals surface area contributed by atoms with Crippen LogP contribution in [0.15, 0.2) is 18.5 Å². The number of hydrogen-bond acceptors (Lipinski definition) is 4. The second-order valence-electron chi connectivity index (χ2n) is 4.47. The summed E-state index contributed by atoms with van der Waals surface area (Å²) in [6.45, 7) is 3.71. The van der Waals surface area contributed by atoms with Gasteiger partial charge < -0.3 is 20.1 Å². The number of amides is 1. The Morgan fingerprint density at radius 1 is 1.33 bits per heavy atom. The number of aryl methyl sites for hydroxylation is 1. The van der Waals surface area contributed by atoms with Gasteiger partial charge in [-0.3, -0.25) is 4.79 Å². The molecule has 0 unspecified atom stereocenters. The van der Waals surface area contributed by atoms with Crippen molar-refractivity contribution in [3.8, 4) is 5.75 Å². The van der Waals surface area contributed by atoms with Gasteiger partial charge in [-0.05, 0) is 25.5 Å². The summed E-state index contributed by atoms with van der Waals surface area (Å²) in [7, 11) is 1.55. The zero-order valence-electron chi connectivity index (χ0n) is 11.9. The molecule has 0 atom stereocenters. The van der Waals surface area contributed by atoms with Gasteiger partial charge in [0.05, 0.1) is 13.4 Å². The van der Waals surface area contributed by atoms with Crippen LogP contribution < -0.4 is 10.1 Å². The molecule has 1 heterocycles. The Labute approximate surface area is 121 Å². The van der Waals surface area contributed by atoms with Gasteiger partial charge in [0.2, 0.25) is 0 Å². The number of anilines is 1. The Morgan fingerprint density at radius 3 is 2.67 bits per heavy atom. The molecule has 21 heavy (non-hydrogen) atoms. The Balaban J connectivity index is 2.32. The molecular formula is C14H15N3O4. The molecule has 2 aromatic rings. The van der Waals surface area contributed by atoms with Gasteiger partial charge in [-0.1, -0.05) is 6.07 Å². The Bertz CT molecular complexity index is 706. The highest BCUT2D eigenvalue weighted by Crippen LogP contribution is 2.29. The number of nitrogens with one attached hydrogen (secondary N) is 2. The Hall–Kier alpha value is -2.83. The number of ether oxygens (including phenoxy) is 1. The van der Waals surface area contributed by atoms with Crippen LogP contribution in [0.3, 0.4) is 0 Å². The molecule has 1 aromatic carbocycles. The molecule has 0 spiro atoms. The predicted octanol–water partition coefficient (Wildman–Crippen LogP) is 1.99. The smallest absolute Gasteiger partial charge is 0.354 e. The lowest BCUT2D eigenvalue weighted by Crippen LogP contribution is -2.17. The molecule has 0 radical (unpaired) electrons. The molecule has 0 saturated heterocycles. The second kappa shape index (κ2) is 5.66. The first-order chi connectivity index (χ1) is 9.95. The minimum Gasteiger partial charge on any atom is -0.496 e. The Morgan fingerprint density at radius 2 is 2.05 bits per heavy atom. The summed E-state index contributed by atoms with van der Waals surface area (Å²) in [6, 6.07) is 3.54. The van der Waals surface area contributed by atoms with Crippen LogP contribution in [0.4, 0.5) is 5.69 Å². The number of aromatic amines is 1. The highest BCUT2D eigenvalue weighted by molar-refractivity contribution is 6.09. The van der Waals surface area contributed by atoms with Crippen molar-refractivity contribution in [2.45, 2.75) is 13.8 Å². The molecule has 0 bridgehead atoms. The molecule has 110 valence electrons. The number of benzene rings is 1. The van der Waals surface area contributed by atoms with Crippen molar-refractivity contribution in [1.82, 2.24) is 9.97 Å². The van der Waals surface area contributed by atoms with Crippen LogP contribution in [0, 0.1) is 13.8 Å². The van der Waals surface area contributed by atoms with Gasteiger partial charge in [0.25, 0.3) is 5.91 Å². The van der Waals surface area contributed by atoms with E-state index < -0.39 is 11.9 Å². The first-order valence-electron chi connectivity index (χ1n) is 6.18. The first kappa shape index (κ1) is 14.6. The maximum atomic E-state index is 12.1. The van der Waals surface area contributed by atoms with Crippen molar-refractivity contribution in [1.29, 1.82) is 0 Å². The Kier molecular flexibility index (Phi) is 3.93. The third-order valence-electron chi connectivity index (χ3n) is 3.12. The number of imidazole rings is 1. The van der Waals surface area contributed by atoms with E-state index in [1.165, 1.54) is 6.33 Å². The summed E-state index contributed by atoms with van der Waals surface area (Å²) in [6.07, 6.45) is 1.17. The van der Waals surface area contributed by atoms with Crippen LogP contribution >= 0.6 is 0 Å². The van der Waals surface area contributed by atoms with Crippen LogP contribution in [0.5, 0.6) is 5.75 Å². The van der Waals surface area contributed by atoms with Crippen molar-refractivity contribution in [2.24, 2.45) is 0 Å². The van der Waals surface area contributed by atoms with E-state index in [9.17, 15) is 9.59 Å². The van der Waals surface area contributed by atoms with Crippen molar-refractivity contribution in [3.05, 3.63) is 41.0 Å². The van der Waals surface area contributed by atoms with Crippen molar-refractivity contribution >= 4 is 17.6 Å². The van der Waals surface area contributed by atoms with E-state index in [4.69, 9.17) is 9.84 Å².